The first-order valence-electron chi connectivity index (χ1n) is 7.28. The Morgan fingerprint density at radius 2 is 2.15 bits per heavy atom. The van der Waals surface area contributed by atoms with Crippen molar-refractivity contribution in [2.75, 3.05) is 18.0 Å². The number of anilines is 1. The molecule has 1 N–H and O–H groups in total. The second kappa shape index (κ2) is 6.55. The SMILES string of the molecule is CCC(C)NC(=O)CN1CCCC(=O)c2ccccc21. The Morgan fingerprint density at radius 1 is 1.40 bits per heavy atom. The van der Waals surface area contributed by atoms with Crippen molar-refractivity contribution in [2.24, 2.45) is 0 Å². The van der Waals surface area contributed by atoms with Crippen molar-refractivity contribution in [1.29, 1.82) is 0 Å². The standard InChI is InChI=1S/C16H22N2O2/c1-3-12(2)17-16(20)11-18-10-6-9-15(19)13-7-4-5-8-14(13)18/h4-5,7-8,12H,3,6,9-11H2,1-2H3,(H,17,20). The second-order valence-electron chi connectivity index (χ2n) is 5.34. The third-order valence-electron chi connectivity index (χ3n) is 3.73. The van der Waals surface area contributed by atoms with Crippen molar-refractivity contribution in [3.05, 3.63) is 29.8 Å². The van der Waals surface area contributed by atoms with E-state index in [1.54, 1.807) is 0 Å². The first kappa shape index (κ1) is 14.6. The molecule has 0 fully saturated rings. The van der Waals surface area contributed by atoms with Gasteiger partial charge in [0.15, 0.2) is 5.78 Å². The molecule has 0 spiro atoms. The van der Waals surface area contributed by atoms with E-state index in [1.165, 1.54) is 0 Å². The molecule has 1 atom stereocenters. The summed E-state index contributed by atoms with van der Waals surface area (Å²) in [4.78, 5) is 26.1. The Labute approximate surface area is 120 Å². The monoisotopic (exact) mass is 274 g/mol. The molecule has 0 saturated carbocycles. The number of hydrogen-bond donors (Lipinski definition) is 1. The van der Waals surface area contributed by atoms with Crippen LogP contribution in [0.25, 0.3) is 0 Å². The number of para-hydroxylation sites is 1. The molecule has 1 aliphatic rings. The van der Waals surface area contributed by atoms with Gasteiger partial charge in [0.1, 0.15) is 0 Å². The van der Waals surface area contributed by atoms with Gasteiger partial charge in [0.2, 0.25) is 5.91 Å². The second-order valence-corrected chi connectivity index (χ2v) is 5.34. The van der Waals surface area contributed by atoms with Gasteiger partial charge in [0.05, 0.1) is 6.54 Å². The minimum atomic E-state index is 0.0171. The molecule has 108 valence electrons. The van der Waals surface area contributed by atoms with E-state index in [0.29, 0.717) is 13.0 Å². The first-order chi connectivity index (χ1) is 9.61. The summed E-state index contributed by atoms with van der Waals surface area (Å²) in [6.07, 6.45) is 2.27. The van der Waals surface area contributed by atoms with E-state index in [4.69, 9.17) is 0 Å². The molecule has 1 unspecified atom stereocenters. The molecular weight excluding hydrogens is 252 g/mol. The van der Waals surface area contributed by atoms with E-state index in [0.717, 1.165) is 30.6 Å². The van der Waals surface area contributed by atoms with Gasteiger partial charge >= 0.3 is 0 Å². The molecule has 1 aromatic carbocycles. The van der Waals surface area contributed by atoms with Crippen molar-refractivity contribution in [1.82, 2.24) is 5.32 Å². The van der Waals surface area contributed by atoms with Crippen LogP contribution in [0.5, 0.6) is 0 Å². The van der Waals surface area contributed by atoms with Crippen LogP contribution in [-0.2, 0) is 4.79 Å². The number of Topliss-reactive ketones (excluding diaryl/α,β-unsaturated/α-hetero) is 1. The molecule has 1 amide bonds. The third kappa shape index (κ3) is 3.38. The maximum Gasteiger partial charge on any atom is 0.239 e. The number of carbonyl (C=O) groups excluding carboxylic acids is 2. The molecule has 2 rings (SSSR count). The van der Waals surface area contributed by atoms with Gasteiger partial charge in [-0.25, -0.2) is 0 Å². The Kier molecular flexibility index (Phi) is 4.77. The number of hydrogen-bond acceptors (Lipinski definition) is 3. The van der Waals surface area contributed by atoms with Gasteiger partial charge < -0.3 is 10.2 Å². The Bertz CT molecular complexity index is 499. The molecule has 4 nitrogen and oxygen atoms in total. The van der Waals surface area contributed by atoms with Gasteiger partial charge in [-0.2, -0.15) is 0 Å². The molecule has 4 heteroatoms. The average molecular weight is 274 g/mol. The van der Waals surface area contributed by atoms with Crippen LogP contribution in [-0.4, -0.2) is 30.8 Å². The largest absolute Gasteiger partial charge is 0.362 e. The van der Waals surface area contributed by atoms with Crippen LogP contribution in [0.3, 0.4) is 0 Å². The highest BCUT2D eigenvalue weighted by molar-refractivity contribution is 6.02. The third-order valence-corrected chi connectivity index (χ3v) is 3.73. The van der Waals surface area contributed by atoms with Crippen molar-refractivity contribution in [3.8, 4) is 0 Å². The van der Waals surface area contributed by atoms with Crippen molar-refractivity contribution in [3.63, 3.8) is 0 Å². The molecule has 0 bridgehead atoms. The topological polar surface area (TPSA) is 49.4 Å². The number of nitrogens with zero attached hydrogens (tertiary/aromatic N) is 1. The zero-order valence-electron chi connectivity index (χ0n) is 12.2. The highest BCUT2D eigenvalue weighted by Crippen LogP contribution is 2.25. The number of amides is 1. The zero-order chi connectivity index (χ0) is 14.5. The van der Waals surface area contributed by atoms with Crippen LogP contribution in [0.15, 0.2) is 24.3 Å². The number of fused-ring (bicyclic) bond motifs is 1. The van der Waals surface area contributed by atoms with Gasteiger partial charge in [-0.05, 0) is 31.9 Å². The van der Waals surface area contributed by atoms with Gasteiger partial charge in [0.25, 0.3) is 0 Å². The van der Waals surface area contributed by atoms with Crippen LogP contribution in [0.4, 0.5) is 5.69 Å². The summed E-state index contributed by atoms with van der Waals surface area (Å²) in [6, 6.07) is 7.75. The molecule has 1 aliphatic heterocycles. The van der Waals surface area contributed by atoms with Crippen LogP contribution < -0.4 is 10.2 Å². The normalized spacial score (nSPS) is 16.3. The summed E-state index contributed by atoms with van der Waals surface area (Å²) in [6.45, 7) is 5.11. The fourth-order valence-electron chi connectivity index (χ4n) is 2.43. The zero-order valence-corrected chi connectivity index (χ0v) is 12.2. The minimum absolute atomic E-state index is 0.0171. The molecule has 1 heterocycles. The van der Waals surface area contributed by atoms with E-state index >= 15 is 0 Å². The fourth-order valence-corrected chi connectivity index (χ4v) is 2.43. The Hall–Kier alpha value is -1.84. The predicted molar refractivity (Wildman–Crippen MR) is 80.1 cm³/mol. The molecule has 0 aliphatic carbocycles. The molecule has 0 radical (unpaired) electrons. The smallest absolute Gasteiger partial charge is 0.239 e. The molecule has 0 saturated heterocycles. The lowest BCUT2D eigenvalue weighted by Crippen LogP contribution is -2.41. The maximum atomic E-state index is 12.0. The quantitative estimate of drug-likeness (QED) is 0.917. The number of ketones is 1. The first-order valence-corrected chi connectivity index (χ1v) is 7.28. The van der Waals surface area contributed by atoms with Crippen LogP contribution in [0, 0.1) is 0 Å². The van der Waals surface area contributed by atoms with Gasteiger partial charge in [-0.1, -0.05) is 19.1 Å². The Balaban J connectivity index is 2.14. The van der Waals surface area contributed by atoms with Gasteiger partial charge in [-0.15, -0.1) is 0 Å². The lowest BCUT2D eigenvalue weighted by molar-refractivity contribution is -0.120. The van der Waals surface area contributed by atoms with E-state index in [-0.39, 0.29) is 17.7 Å². The maximum absolute atomic E-state index is 12.0. The highest BCUT2D eigenvalue weighted by Gasteiger charge is 2.22. The Morgan fingerprint density at radius 3 is 2.90 bits per heavy atom. The summed E-state index contributed by atoms with van der Waals surface area (Å²) < 4.78 is 0. The lowest BCUT2D eigenvalue weighted by Gasteiger charge is -2.24. The number of nitrogens with one attached hydrogen (secondary N) is 1. The van der Waals surface area contributed by atoms with Crippen LogP contribution >= 0.6 is 0 Å². The van der Waals surface area contributed by atoms with Crippen LogP contribution in [0.2, 0.25) is 0 Å². The van der Waals surface area contributed by atoms with E-state index in [9.17, 15) is 9.59 Å². The molecule has 1 aromatic rings. The molecule has 20 heavy (non-hydrogen) atoms. The van der Waals surface area contributed by atoms with E-state index in [1.807, 2.05) is 43.0 Å². The van der Waals surface area contributed by atoms with Gasteiger partial charge in [0, 0.05) is 30.3 Å². The summed E-state index contributed by atoms with van der Waals surface area (Å²) in [5, 5.41) is 2.97. The van der Waals surface area contributed by atoms with Crippen molar-refractivity contribution < 1.29 is 9.59 Å². The molecule has 0 aromatic heterocycles. The summed E-state index contributed by atoms with van der Waals surface area (Å²) >= 11 is 0. The number of benzene rings is 1. The molecular formula is C16H22N2O2. The predicted octanol–water partition coefficient (Wildman–Crippen LogP) is 2.38. The summed E-state index contributed by atoms with van der Waals surface area (Å²) in [5.74, 6) is 0.189. The lowest BCUT2D eigenvalue weighted by atomic mass is 10.1. The van der Waals surface area contributed by atoms with Crippen molar-refractivity contribution >= 4 is 17.4 Å². The minimum Gasteiger partial charge on any atom is -0.362 e. The summed E-state index contributed by atoms with van der Waals surface area (Å²) in [5.41, 5.74) is 1.62. The van der Waals surface area contributed by atoms with E-state index < -0.39 is 0 Å². The fraction of sp³-hybridized carbons (Fsp3) is 0.500. The number of carbonyl (C=O) groups is 2. The summed E-state index contributed by atoms with van der Waals surface area (Å²) in [7, 11) is 0. The van der Waals surface area contributed by atoms with E-state index in [2.05, 4.69) is 5.32 Å². The van der Waals surface area contributed by atoms with Crippen LogP contribution in [0.1, 0.15) is 43.5 Å². The van der Waals surface area contributed by atoms with Gasteiger partial charge in [-0.3, -0.25) is 9.59 Å². The number of rotatable bonds is 4. The highest BCUT2D eigenvalue weighted by atomic mass is 16.2. The average Bonchev–Trinajstić information content (AvgIpc) is 2.59. The van der Waals surface area contributed by atoms with Crippen molar-refractivity contribution in [2.45, 2.75) is 39.2 Å².